The van der Waals surface area contributed by atoms with Crippen molar-refractivity contribution in [1.29, 1.82) is 0 Å². The Balaban J connectivity index is 2.00. The van der Waals surface area contributed by atoms with E-state index in [9.17, 15) is 13.2 Å². The zero-order chi connectivity index (χ0) is 18.4. The molecular weight excluding hydrogens is 342 g/mol. The van der Waals surface area contributed by atoms with Crippen LogP contribution in [0.5, 0.6) is 0 Å². The molecule has 0 aliphatic carbocycles. The molecule has 0 radical (unpaired) electrons. The average molecular weight is 363 g/mol. The predicted molar refractivity (Wildman–Crippen MR) is 94.0 cm³/mol. The van der Waals surface area contributed by atoms with Crippen LogP contribution in [0.4, 0.5) is 0 Å². The molecule has 2 aromatic heterocycles. The average Bonchev–Trinajstić information content (AvgIpc) is 2.54. The van der Waals surface area contributed by atoms with Crippen molar-refractivity contribution in [2.24, 2.45) is 0 Å². The van der Waals surface area contributed by atoms with Gasteiger partial charge in [-0.15, -0.1) is 0 Å². The van der Waals surface area contributed by atoms with Crippen LogP contribution < -0.4 is 10.0 Å². The van der Waals surface area contributed by atoms with Gasteiger partial charge in [-0.2, -0.15) is 0 Å². The molecule has 2 rings (SSSR count). The summed E-state index contributed by atoms with van der Waals surface area (Å²) in [5.41, 5.74) is 2.44. The zero-order valence-corrected chi connectivity index (χ0v) is 15.2. The van der Waals surface area contributed by atoms with Crippen LogP contribution >= 0.6 is 0 Å². The normalized spacial score (nSPS) is 12.6. The fourth-order valence-corrected chi connectivity index (χ4v) is 2.76. The van der Waals surface area contributed by atoms with E-state index >= 15 is 0 Å². The van der Waals surface area contributed by atoms with Crippen molar-refractivity contribution < 1.29 is 13.2 Å². The molecule has 2 N–H and O–H groups in total. The van der Waals surface area contributed by atoms with Gasteiger partial charge in [-0.3, -0.25) is 9.78 Å². The molecule has 2 heterocycles. The van der Waals surface area contributed by atoms with Crippen LogP contribution in [-0.4, -0.2) is 42.1 Å². The number of hydrogen-bond donors (Lipinski definition) is 2. The van der Waals surface area contributed by atoms with Crippen LogP contribution in [0.2, 0.25) is 0 Å². The third kappa shape index (κ3) is 5.87. The zero-order valence-electron chi connectivity index (χ0n) is 14.4. The lowest BCUT2D eigenvalue weighted by Crippen LogP contribution is -2.32. The quantitative estimate of drug-likeness (QED) is 0.757. The van der Waals surface area contributed by atoms with Gasteiger partial charge in [0.2, 0.25) is 15.9 Å². The minimum Gasteiger partial charge on any atom is -0.349 e. The van der Waals surface area contributed by atoms with E-state index in [0.717, 1.165) is 23.1 Å². The molecule has 134 valence electrons. The van der Waals surface area contributed by atoms with E-state index in [-0.39, 0.29) is 24.9 Å². The van der Waals surface area contributed by atoms with E-state index in [1.807, 2.05) is 26.0 Å². The molecule has 0 aliphatic heterocycles. The molecule has 9 heteroatoms. The van der Waals surface area contributed by atoms with E-state index in [2.05, 4.69) is 25.0 Å². The third-order valence-electron chi connectivity index (χ3n) is 3.52. The topological polar surface area (TPSA) is 114 Å². The molecule has 25 heavy (non-hydrogen) atoms. The van der Waals surface area contributed by atoms with E-state index in [0.29, 0.717) is 5.82 Å². The highest BCUT2D eigenvalue weighted by molar-refractivity contribution is 7.88. The summed E-state index contributed by atoms with van der Waals surface area (Å²) in [6.45, 7) is 3.75. The highest BCUT2D eigenvalue weighted by atomic mass is 32.2. The molecular formula is C16H21N5O3S. The Morgan fingerprint density at radius 3 is 2.56 bits per heavy atom. The predicted octanol–water partition coefficient (Wildman–Crippen LogP) is 0.964. The standard InChI is InChI=1S/C16H21N5O3S/c1-11(20-15(22)6-9-19-25(3,23)24)14-10-18-16(21-12(14)2)13-4-7-17-8-5-13/h4-5,7-8,10-11,19H,6,9H2,1-3H3,(H,20,22)/t11-/m1/s1. The summed E-state index contributed by atoms with van der Waals surface area (Å²) in [7, 11) is -3.29. The fourth-order valence-electron chi connectivity index (χ4n) is 2.28. The highest BCUT2D eigenvalue weighted by Gasteiger charge is 2.14. The molecule has 0 unspecified atom stereocenters. The second-order valence-corrected chi connectivity index (χ2v) is 7.51. The molecule has 0 saturated carbocycles. The molecule has 0 spiro atoms. The molecule has 0 aromatic carbocycles. The van der Waals surface area contributed by atoms with Gasteiger partial charge in [0.15, 0.2) is 5.82 Å². The number of rotatable bonds is 7. The van der Waals surface area contributed by atoms with E-state index in [4.69, 9.17) is 0 Å². The summed E-state index contributed by atoms with van der Waals surface area (Å²) in [6.07, 6.45) is 6.16. The first-order valence-electron chi connectivity index (χ1n) is 7.74. The number of carbonyl (C=O) groups is 1. The van der Waals surface area contributed by atoms with Crippen LogP contribution in [0.25, 0.3) is 11.4 Å². The van der Waals surface area contributed by atoms with Crippen molar-refractivity contribution in [3.05, 3.63) is 42.0 Å². The number of nitrogens with one attached hydrogen (secondary N) is 2. The summed E-state index contributed by atoms with van der Waals surface area (Å²) in [5, 5.41) is 2.82. The van der Waals surface area contributed by atoms with Crippen molar-refractivity contribution in [2.45, 2.75) is 26.3 Å². The van der Waals surface area contributed by atoms with Gasteiger partial charge in [0.05, 0.1) is 12.3 Å². The molecule has 1 atom stereocenters. The molecule has 8 nitrogen and oxygen atoms in total. The Labute approximate surface area is 147 Å². The first-order valence-corrected chi connectivity index (χ1v) is 9.63. The lowest BCUT2D eigenvalue weighted by Gasteiger charge is -2.16. The molecule has 0 saturated heterocycles. The van der Waals surface area contributed by atoms with Crippen molar-refractivity contribution >= 4 is 15.9 Å². The largest absolute Gasteiger partial charge is 0.349 e. The summed E-state index contributed by atoms with van der Waals surface area (Å²) in [5.74, 6) is 0.348. The number of nitrogens with zero attached hydrogens (tertiary/aromatic N) is 3. The Kier molecular flexibility index (Phi) is 6.16. The lowest BCUT2D eigenvalue weighted by atomic mass is 10.1. The van der Waals surface area contributed by atoms with Gasteiger partial charge in [-0.05, 0) is 26.0 Å². The summed E-state index contributed by atoms with van der Waals surface area (Å²) in [6, 6.07) is 3.38. The lowest BCUT2D eigenvalue weighted by molar-refractivity contribution is -0.121. The van der Waals surface area contributed by atoms with Gasteiger partial charge < -0.3 is 5.32 Å². The number of aromatic nitrogens is 3. The second kappa shape index (κ2) is 8.13. The SMILES string of the molecule is Cc1nc(-c2ccncc2)ncc1[C@@H](C)NC(=O)CCNS(C)(=O)=O. The van der Waals surface area contributed by atoms with Crippen LogP contribution in [0.1, 0.15) is 30.6 Å². The van der Waals surface area contributed by atoms with Gasteiger partial charge in [-0.25, -0.2) is 23.1 Å². The van der Waals surface area contributed by atoms with Gasteiger partial charge in [0.1, 0.15) is 0 Å². The smallest absolute Gasteiger partial charge is 0.221 e. The van der Waals surface area contributed by atoms with Crippen molar-refractivity contribution in [3.8, 4) is 11.4 Å². The minimum absolute atomic E-state index is 0.0619. The Morgan fingerprint density at radius 2 is 1.96 bits per heavy atom. The summed E-state index contributed by atoms with van der Waals surface area (Å²) >= 11 is 0. The van der Waals surface area contributed by atoms with Crippen LogP contribution in [0.3, 0.4) is 0 Å². The Hall–Kier alpha value is -2.39. The van der Waals surface area contributed by atoms with Gasteiger partial charge in [0, 0.05) is 48.4 Å². The highest BCUT2D eigenvalue weighted by Crippen LogP contribution is 2.19. The van der Waals surface area contributed by atoms with Gasteiger partial charge >= 0.3 is 0 Å². The Morgan fingerprint density at radius 1 is 1.28 bits per heavy atom. The monoisotopic (exact) mass is 363 g/mol. The second-order valence-electron chi connectivity index (χ2n) is 5.68. The number of hydrogen-bond acceptors (Lipinski definition) is 6. The number of amides is 1. The molecule has 2 aromatic rings. The van der Waals surface area contributed by atoms with E-state index in [1.165, 1.54) is 0 Å². The maximum atomic E-state index is 11.9. The number of carbonyl (C=O) groups excluding carboxylic acids is 1. The van der Waals surface area contributed by atoms with Crippen LogP contribution in [-0.2, 0) is 14.8 Å². The number of aryl methyl sites for hydroxylation is 1. The van der Waals surface area contributed by atoms with Crippen LogP contribution in [0, 0.1) is 6.92 Å². The fraction of sp³-hybridized carbons (Fsp3) is 0.375. The molecule has 0 aliphatic rings. The summed E-state index contributed by atoms with van der Waals surface area (Å²) < 4.78 is 24.3. The molecule has 0 bridgehead atoms. The molecule has 0 fully saturated rings. The van der Waals surface area contributed by atoms with Crippen LogP contribution in [0.15, 0.2) is 30.7 Å². The summed E-state index contributed by atoms with van der Waals surface area (Å²) in [4.78, 5) is 24.7. The third-order valence-corrected chi connectivity index (χ3v) is 4.24. The van der Waals surface area contributed by atoms with Gasteiger partial charge in [-0.1, -0.05) is 0 Å². The van der Waals surface area contributed by atoms with E-state index < -0.39 is 10.0 Å². The van der Waals surface area contributed by atoms with Crippen molar-refractivity contribution in [2.75, 3.05) is 12.8 Å². The number of sulfonamides is 1. The van der Waals surface area contributed by atoms with Crippen molar-refractivity contribution in [3.63, 3.8) is 0 Å². The minimum atomic E-state index is -3.29. The van der Waals surface area contributed by atoms with Gasteiger partial charge in [0.25, 0.3) is 0 Å². The first kappa shape index (κ1) is 18.9. The Bertz CT molecular complexity index is 840. The van der Waals surface area contributed by atoms with Crippen molar-refractivity contribution in [1.82, 2.24) is 25.0 Å². The first-order chi connectivity index (χ1) is 11.8. The molecule has 1 amide bonds. The number of pyridine rings is 1. The maximum Gasteiger partial charge on any atom is 0.221 e. The maximum absolute atomic E-state index is 11.9. The van der Waals surface area contributed by atoms with E-state index in [1.54, 1.807) is 18.6 Å².